The van der Waals surface area contributed by atoms with E-state index in [1.807, 2.05) is 38.1 Å². The van der Waals surface area contributed by atoms with E-state index < -0.39 is 0 Å². The summed E-state index contributed by atoms with van der Waals surface area (Å²) in [5.74, 6) is 0.854. The maximum Gasteiger partial charge on any atom is 0.121 e. The third-order valence-corrected chi connectivity index (χ3v) is 2.85. The van der Waals surface area contributed by atoms with E-state index in [4.69, 9.17) is 15.2 Å². The first kappa shape index (κ1) is 15.8. The molecule has 1 aliphatic rings. The number of morpholine rings is 1. The van der Waals surface area contributed by atoms with Gasteiger partial charge < -0.3 is 15.2 Å². The van der Waals surface area contributed by atoms with Crippen LogP contribution < -0.4 is 10.5 Å². The van der Waals surface area contributed by atoms with Crippen LogP contribution in [0.2, 0.25) is 0 Å². The summed E-state index contributed by atoms with van der Waals surface area (Å²) < 4.78 is 10.9. The molecule has 0 bridgehead atoms. The number of nitrogens with two attached hydrogens (primary N) is 1. The summed E-state index contributed by atoms with van der Waals surface area (Å²) in [6.45, 7) is 9.61. The lowest BCUT2D eigenvalue weighted by atomic mass is 10.3. The molecule has 0 unspecified atom stereocenters. The van der Waals surface area contributed by atoms with Crippen LogP contribution in [0.5, 0.6) is 5.75 Å². The zero-order valence-corrected chi connectivity index (χ0v) is 12.1. The van der Waals surface area contributed by atoms with Crippen LogP contribution in [0, 0.1) is 0 Å². The van der Waals surface area contributed by atoms with Crippen molar-refractivity contribution in [1.29, 1.82) is 0 Å². The topological polar surface area (TPSA) is 47.7 Å². The van der Waals surface area contributed by atoms with Crippen molar-refractivity contribution in [3.05, 3.63) is 24.3 Å². The molecule has 2 N–H and O–H groups in total. The molecule has 108 valence electrons. The van der Waals surface area contributed by atoms with Gasteiger partial charge in [0.25, 0.3) is 0 Å². The van der Waals surface area contributed by atoms with Crippen molar-refractivity contribution in [3.8, 4) is 5.75 Å². The third kappa shape index (κ3) is 6.45. The number of hydrogen-bond donors (Lipinski definition) is 1. The molecule has 4 heteroatoms. The van der Waals surface area contributed by atoms with Crippen molar-refractivity contribution in [2.45, 2.75) is 20.3 Å². The van der Waals surface area contributed by atoms with Crippen LogP contribution in [0.1, 0.15) is 20.3 Å². The molecule has 19 heavy (non-hydrogen) atoms. The SMILES string of the molecule is CC.Nc1cccc(OCCCN2CCOCC2)c1. The highest BCUT2D eigenvalue weighted by molar-refractivity contribution is 5.43. The Balaban J connectivity index is 0.000000861. The molecule has 1 aromatic rings. The molecule has 1 fully saturated rings. The van der Waals surface area contributed by atoms with E-state index in [2.05, 4.69) is 4.90 Å². The number of anilines is 1. The first-order valence-corrected chi connectivity index (χ1v) is 7.13. The Bertz CT molecular complexity index is 339. The fourth-order valence-corrected chi connectivity index (χ4v) is 1.91. The summed E-state index contributed by atoms with van der Waals surface area (Å²) in [4.78, 5) is 2.41. The lowest BCUT2D eigenvalue weighted by molar-refractivity contribution is 0.0358. The Labute approximate surface area is 116 Å². The van der Waals surface area contributed by atoms with E-state index >= 15 is 0 Å². The van der Waals surface area contributed by atoms with Gasteiger partial charge in [0.2, 0.25) is 0 Å². The second-order valence-corrected chi connectivity index (χ2v) is 4.23. The molecule has 0 saturated carbocycles. The molecule has 1 saturated heterocycles. The highest BCUT2D eigenvalue weighted by Gasteiger charge is 2.09. The lowest BCUT2D eigenvalue weighted by Crippen LogP contribution is -2.37. The Kier molecular flexibility index (Phi) is 8.02. The van der Waals surface area contributed by atoms with Gasteiger partial charge in [-0.1, -0.05) is 19.9 Å². The predicted molar refractivity (Wildman–Crippen MR) is 79.6 cm³/mol. The molecule has 1 aromatic carbocycles. The summed E-state index contributed by atoms with van der Waals surface area (Å²) in [6, 6.07) is 7.56. The fourth-order valence-electron chi connectivity index (χ4n) is 1.91. The summed E-state index contributed by atoms with van der Waals surface area (Å²) in [7, 11) is 0. The minimum Gasteiger partial charge on any atom is -0.493 e. The zero-order chi connectivity index (χ0) is 13.9. The van der Waals surface area contributed by atoms with Crippen molar-refractivity contribution in [2.75, 3.05) is 45.2 Å². The highest BCUT2D eigenvalue weighted by Crippen LogP contribution is 2.14. The van der Waals surface area contributed by atoms with E-state index in [0.29, 0.717) is 0 Å². The first-order valence-electron chi connectivity index (χ1n) is 7.13. The molecule has 0 radical (unpaired) electrons. The summed E-state index contributed by atoms with van der Waals surface area (Å²) in [5, 5.41) is 0. The van der Waals surface area contributed by atoms with Gasteiger partial charge in [0.15, 0.2) is 0 Å². The standard InChI is InChI=1S/C13H20N2O2.C2H6/c14-12-3-1-4-13(11-12)17-8-2-5-15-6-9-16-10-7-15;1-2/h1,3-4,11H,2,5-10,14H2;1-2H3. The van der Waals surface area contributed by atoms with Crippen LogP contribution in [-0.4, -0.2) is 44.4 Å². The average Bonchev–Trinajstić information content (AvgIpc) is 2.47. The van der Waals surface area contributed by atoms with Crippen LogP contribution in [0.15, 0.2) is 24.3 Å². The van der Waals surface area contributed by atoms with Gasteiger partial charge in [-0.15, -0.1) is 0 Å². The third-order valence-electron chi connectivity index (χ3n) is 2.85. The molecule has 4 nitrogen and oxygen atoms in total. The summed E-state index contributed by atoms with van der Waals surface area (Å²) in [6.07, 6.45) is 1.04. The molecule has 1 aliphatic heterocycles. The van der Waals surface area contributed by atoms with Gasteiger partial charge in [0, 0.05) is 31.4 Å². The molecule has 0 atom stereocenters. The number of ether oxygens (including phenoxy) is 2. The fraction of sp³-hybridized carbons (Fsp3) is 0.600. The van der Waals surface area contributed by atoms with Crippen LogP contribution in [0.3, 0.4) is 0 Å². The molecule has 0 aliphatic carbocycles. The van der Waals surface area contributed by atoms with Crippen LogP contribution in [0.4, 0.5) is 5.69 Å². The minimum absolute atomic E-state index is 0.737. The lowest BCUT2D eigenvalue weighted by Gasteiger charge is -2.26. The first-order chi connectivity index (χ1) is 9.34. The van der Waals surface area contributed by atoms with Gasteiger partial charge in [-0.25, -0.2) is 0 Å². The number of rotatable bonds is 5. The van der Waals surface area contributed by atoms with E-state index in [1.165, 1.54) is 0 Å². The second kappa shape index (κ2) is 9.64. The Morgan fingerprint density at radius 1 is 1.26 bits per heavy atom. The summed E-state index contributed by atoms with van der Waals surface area (Å²) in [5.41, 5.74) is 6.42. The largest absolute Gasteiger partial charge is 0.493 e. The minimum atomic E-state index is 0.737. The average molecular weight is 266 g/mol. The Morgan fingerprint density at radius 3 is 2.68 bits per heavy atom. The van der Waals surface area contributed by atoms with E-state index in [9.17, 15) is 0 Å². The van der Waals surface area contributed by atoms with Crippen molar-refractivity contribution in [1.82, 2.24) is 4.90 Å². The number of benzene rings is 1. The maximum absolute atomic E-state index is 5.68. The van der Waals surface area contributed by atoms with E-state index in [-0.39, 0.29) is 0 Å². The van der Waals surface area contributed by atoms with Crippen molar-refractivity contribution < 1.29 is 9.47 Å². The maximum atomic E-state index is 5.68. The number of hydrogen-bond acceptors (Lipinski definition) is 4. The monoisotopic (exact) mass is 266 g/mol. The predicted octanol–water partition coefficient (Wildman–Crippen LogP) is 2.40. The summed E-state index contributed by atoms with van der Waals surface area (Å²) >= 11 is 0. The number of nitrogen functional groups attached to an aromatic ring is 1. The zero-order valence-electron chi connectivity index (χ0n) is 12.1. The van der Waals surface area contributed by atoms with Crippen LogP contribution in [0.25, 0.3) is 0 Å². The molecular formula is C15H26N2O2. The van der Waals surface area contributed by atoms with Gasteiger partial charge in [0.05, 0.1) is 19.8 Å². The van der Waals surface area contributed by atoms with Crippen molar-refractivity contribution >= 4 is 5.69 Å². The van der Waals surface area contributed by atoms with Gasteiger partial charge in [0.1, 0.15) is 5.75 Å². The van der Waals surface area contributed by atoms with Gasteiger partial charge in [-0.05, 0) is 18.6 Å². The van der Waals surface area contributed by atoms with Crippen molar-refractivity contribution in [3.63, 3.8) is 0 Å². The Hall–Kier alpha value is -1.26. The van der Waals surface area contributed by atoms with E-state index in [1.54, 1.807) is 0 Å². The number of nitrogens with zero attached hydrogens (tertiary/aromatic N) is 1. The normalized spacial score (nSPS) is 15.5. The quantitative estimate of drug-likeness (QED) is 0.656. The Morgan fingerprint density at radius 2 is 2.00 bits per heavy atom. The molecule has 2 rings (SSSR count). The highest BCUT2D eigenvalue weighted by atomic mass is 16.5. The molecule has 0 spiro atoms. The molecule has 1 heterocycles. The van der Waals surface area contributed by atoms with Gasteiger partial charge in [-0.2, -0.15) is 0 Å². The molecule has 0 aromatic heterocycles. The van der Waals surface area contributed by atoms with Crippen LogP contribution >= 0.6 is 0 Å². The van der Waals surface area contributed by atoms with Gasteiger partial charge in [-0.3, -0.25) is 4.90 Å². The van der Waals surface area contributed by atoms with Gasteiger partial charge >= 0.3 is 0 Å². The van der Waals surface area contributed by atoms with E-state index in [0.717, 1.165) is 57.3 Å². The molecular weight excluding hydrogens is 240 g/mol. The smallest absolute Gasteiger partial charge is 0.121 e. The van der Waals surface area contributed by atoms with Crippen LogP contribution in [-0.2, 0) is 4.74 Å². The second-order valence-electron chi connectivity index (χ2n) is 4.23. The molecule has 0 amide bonds. The van der Waals surface area contributed by atoms with Crippen molar-refractivity contribution in [2.24, 2.45) is 0 Å².